The average Bonchev–Trinajstić information content (AvgIpc) is 2.71. The van der Waals surface area contributed by atoms with Crippen LogP contribution in [0.4, 0.5) is 0 Å². The van der Waals surface area contributed by atoms with Crippen LogP contribution in [0.15, 0.2) is 11.8 Å². The van der Waals surface area contributed by atoms with Crippen molar-refractivity contribution in [2.75, 3.05) is 14.1 Å². The molecule has 0 radical (unpaired) electrons. The number of hydrogen-bond acceptors (Lipinski definition) is 5. The fraction of sp³-hybridized carbons (Fsp3) is 0.647. The molecule has 0 heterocycles. The van der Waals surface area contributed by atoms with Crippen molar-refractivity contribution in [3.63, 3.8) is 0 Å². The van der Waals surface area contributed by atoms with Crippen molar-refractivity contribution in [2.45, 2.75) is 57.8 Å². The Bertz CT molecular complexity index is 441. The second-order valence-corrected chi connectivity index (χ2v) is 6.02. The van der Waals surface area contributed by atoms with Crippen molar-refractivity contribution in [3.8, 4) is 0 Å². The van der Waals surface area contributed by atoms with Crippen LogP contribution in [0, 0.1) is 0 Å². The van der Waals surface area contributed by atoms with Crippen molar-refractivity contribution in [1.82, 2.24) is 4.90 Å². The first kappa shape index (κ1) is 18.3. The first-order valence-corrected chi connectivity index (χ1v) is 7.88. The molecule has 2 fully saturated rings. The van der Waals surface area contributed by atoms with Crippen molar-refractivity contribution < 1.29 is 19.2 Å². The lowest BCUT2D eigenvalue weighted by Crippen LogP contribution is -2.14. The van der Waals surface area contributed by atoms with Gasteiger partial charge in [0.15, 0.2) is 11.6 Å². The Hall–Kier alpha value is -1.78. The van der Waals surface area contributed by atoms with Crippen LogP contribution in [0.1, 0.15) is 57.8 Å². The van der Waals surface area contributed by atoms with E-state index in [4.69, 9.17) is 0 Å². The predicted molar refractivity (Wildman–Crippen MR) is 83.4 cm³/mol. The quantitative estimate of drug-likeness (QED) is 0.321. The second kappa shape index (κ2) is 9.28. The Labute approximate surface area is 131 Å². The van der Waals surface area contributed by atoms with Crippen molar-refractivity contribution >= 4 is 23.1 Å². The average molecular weight is 307 g/mol. The van der Waals surface area contributed by atoms with Crippen LogP contribution in [0.3, 0.4) is 0 Å². The van der Waals surface area contributed by atoms with Crippen LogP contribution < -0.4 is 0 Å². The molecule has 122 valence electrons. The topological polar surface area (TPSA) is 71.5 Å². The predicted octanol–water partition coefficient (Wildman–Crippen LogP) is 2.23. The van der Waals surface area contributed by atoms with Gasteiger partial charge in [-0.25, -0.2) is 0 Å². The summed E-state index contributed by atoms with van der Waals surface area (Å²) in [5, 5.41) is 0. The fourth-order valence-electron chi connectivity index (χ4n) is 2.44. The third kappa shape index (κ3) is 6.78. The van der Waals surface area contributed by atoms with Crippen LogP contribution >= 0.6 is 0 Å². The molecular weight excluding hydrogens is 282 g/mol. The van der Waals surface area contributed by atoms with E-state index < -0.39 is 0 Å². The van der Waals surface area contributed by atoms with Gasteiger partial charge in [0.05, 0.1) is 12.0 Å². The summed E-state index contributed by atoms with van der Waals surface area (Å²) in [5.41, 5.74) is 0.377. The van der Waals surface area contributed by atoms with E-state index in [-0.39, 0.29) is 29.6 Å². The van der Waals surface area contributed by atoms with E-state index in [0.717, 1.165) is 25.7 Å². The Morgan fingerprint density at radius 1 is 0.727 bits per heavy atom. The maximum atomic E-state index is 11.4. The van der Waals surface area contributed by atoms with E-state index in [9.17, 15) is 19.2 Å². The number of Topliss-reactive ketones (excluding diaryl/α,β-unsaturated/α-hetero) is 4. The molecule has 5 nitrogen and oxygen atoms in total. The van der Waals surface area contributed by atoms with E-state index in [1.807, 2.05) is 14.1 Å². The Morgan fingerprint density at radius 3 is 1.55 bits per heavy atom. The molecule has 0 N–H and O–H groups in total. The number of carbonyl (C=O) groups is 4. The van der Waals surface area contributed by atoms with E-state index in [0.29, 0.717) is 31.3 Å². The summed E-state index contributed by atoms with van der Waals surface area (Å²) in [7, 11) is 3.64. The number of allylic oxidation sites excluding steroid dienone is 1. The Balaban J connectivity index is 0.000000235. The van der Waals surface area contributed by atoms with Crippen LogP contribution in [0.2, 0.25) is 0 Å². The highest BCUT2D eigenvalue weighted by atomic mass is 16.2. The minimum absolute atomic E-state index is 0.00352. The van der Waals surface area contributed by atoms with Crippen molar-refractivity contribution in [3.05, 3.63) is 11.8 Å². The van der Waals surface area contributed by atoms with Gasteiger partial charge in [-0.15, -0.1) is 0 Å². The zero-order valence-electron chi connectivity index (χ0n) is 13.5. The standard InChI is InChI=1S/C10H15NO2.C7H10O2/c1-11(2)7-8-9(12)5-3-4-6-10(8)13;8-6-3-1-2-4-7(9)5-6/h7H,3-6H2,1-2H3;1-5H2. The summed E-state index contributed by atoms with van der Waals surface area (Å²) in [6.07, 6.45) is 7.60. The van der Waals surface area contributed by atoms with E-state index >= 15 is 0 Å². The molecule has 0 amide bonds. The van der Waals surface area contributed by atoms with Gasteiger partial charge in [-0.3, -0.25) is 19.2 Å². The van der Waals surface area contributed by atoms with Gasteiger partial charge in [-0.1, -0.05) is 0 Å². The molecule has 0 aliphatic heterocycles. The third-order valence-corrected chi connectivity index (χ3v) is 3.60. The largest absolute Gasteiger partial charge is 0.383 e. The van der Waals surface area contributed by atoms with E-state index in [1.54, 1.807) is 11.1 Å². The number of ketones is 4. The van der Waals surface area contributed by atoms with Gasteiger partial charge in [0.1, 0.15) is 11.6 Å². The molecule has 2 aliphatic carbocycles. The van der Waals surface area contributed by atoms with Crippen LogP contribution in [-0.2, 0) is 19.2 Å². The monoisotopic (exact) mass is 307 g/mol. The first-order valence-electron chi connectivity index (χ1n) is 7.88. The lowest BCUT2D eigenvalue weighted by Gasteiger charge is -2.07. The Morgan fingerprint density at radius 2 is 1.14 bits per heavy atom. The van der Waals surface area contributed by atoms with Crippen molar-refractivity contribution in [2.24, 2.45) is 0 Å². The zero-order chi connectivity index (χ0) is 16.5. The minimum Gasteiger partial charge on any atom is -0.383 e. The molecule has 2 rings (SSSR count). The molecule has 0 bridgehead atoms. The molecule has 0 unspecified atom stereocenters. The van der Waals surface area contributed by atoms with E-state index in [1.165, 1.54) is 0 Å². The van der Waals surface area contributed by atoms with Crippen LogP contribution in [0.25, 0.3) is 0 Å². The second-order valence-electron chi connectivity index (χ2n) is 6.02. The minimum atomic E-state index is -0.00352. The van der Waals surface area contributed by atoms with Gasteiger partial charge < -0.3 is 4.90 Å². The fourth-order valence-corrected chi connectivity index (χ4v) is 2.44. The lowest BCUT2D eigenvalue weighted by molar-refractivity contribution is -0.126. The van der Waals surface area contributed by atoms with Gasteiger partial charge >= 0.3 is 0 Å². The first-order chi connectivity index (χ1) is 10.4. The number of rotatable bonds is 1. The highest BCUT2D eigenvalue weighted by Crippen LogP contribution is 2.16. The molecule has 2 saturated carbocycles. The van der Waals surface area contributed by atoms with Crippen molar-refractivity contribution in [1.29, 1.82) is 0 Å². The highest BCUT2D eigenvalue weighted by molar-refractivity contribution is 6.20. The van der Waals surface area contributed by atoms with Gasteiger partial charge in [0, 0.05) is 46.0 Å². The number of carbonyl (C=O) groups excluding carboxylic acids is 4. The van der Waals surface area contributed by atoms with E-state index in [2.05, 4.69) is 0 Å². The molecule has 0 aromatic rings. The molecule has 2 aliphatic rings. The van der Waals surface area contributed by atoms with Gasteiger partial charge in [-0.2, -0.15) is 0 Å². The lowest BCUT2D eigenvalue weighted by atomic mass is 10.1. The molecular formula is C17H25NO4. The molecule has 0 saturated heterocycles. The van der Waals surface area contributed by atoms with Crippen LogP contribution in [-0.4, -0.2) is 42.1 Å². The van der Waals surface area contributed by atoms with Gasteiger partial charge in [-0.05, 0) is 25.7 Å². The molecule has 0 aromatic carbocycles. The SMILES string of the molecule is CN(C)C=C1C(=O)CCCCC1=O.O=C1CCCCC(=O)C1. The summed E-state index contributed by atoms with van der Waals surface area (Å²) in [6.45, 7) is 0. The number of nitrogens with zero attached hydrogens (tertiary/aromatic N) is 1. The summed E-state index contributed by atoms with van der Waals surface area (Å²) in [5.74, 6) is 0.238. The Kier molecular flexibility index (Phi) is 7.71. The summed E-state index contributed by atoms with van der Waals surface area (Å²) >= 11 is 0. The highest BCUT2D eigenvalue weighted by Gasteiger charge is 2.21. The summed E-state index contributed by atoms with van der Waals surface area (Å²) in [6, 6.07) is 0. The maximum Gasteiger partial charge on any atom is 0.167 e. The van der Waals surface area contributed by atoms with Gasteiger partial charge in [0.2, 0.25) is 0 Å². The summed E-state index contributed by atoms with van der Waals surface area (Å²) < 4.78 is 0. The van der Waals surface area contributed by atoms with Crippen LogP contribution in [0.5, 0.6) is 0 Å². The molecule has 5 heteroatoms. The molecule has 0 atom stereocenters. The third-order valence-electron chi connectivity index (χ3n) is 3.60. The molecule has 0 spiro atoms. The smallest absolute Gasteiger partial charge is 0.167 e. The number of hydrogen-bond donors (Lipinski definition) is 0. The maximum absolute atomic E-state index is 11.4. The molecule has 0 aromatic heterocycles. The normalized spacial score (nSPS) is 19.8. The molecule has 22 heavy (non-hydrogen) atoms. The summed E-state index contributed by atoms with van der Waals surface area (Å²) in [4.78, 5) is 46.0. The van der Waals surface area contributed by atoms with Gasteiger partial charge in [0.25, 0.3) is 0 Å². The zero-order valence-corrected chi connectivity index (χ0v) is 13.5.